The molecular weight excluding hydrogens is 1570 g/mol. The summed E-state index contributed by atoms with van der Waals surface area (Å²) in [5.74, 6) is 0. The molecule has 0 atom stereocenters. The Bertz CT molecular complexity index is 8440. The molecule has 0 bridgehead atoms. The number of rotatable bonds is 12. The molecule has 0 fully saturated rings. The summed E-state index contributed by atoms with van der Waals surface area (Å²) >= 11 is 0. The van der Waals surface area contributed by atoms with Crippen LogP contribution in [0.5, 0.6) is 0 Å². The minimum Gasteiger partial charge on any atom is -0.0622 e. The van der Waals surface area contributed by atoms with Crippen LogP contribution in [0.2, 0.25) is 0 Å². The van der Waals surface area contributed by atoms with Crippen LogP contribution in [0.3, 0.4) is 0 Å². The fourth-order valence-corrected chi connectivity index (χ4v) is 20.8. The van der Waals surface area contributed by atoms with Gasteiger partial charge in [-0.2, -0.15) is 0 Å². The van der Waals surface area contributed by atoms with E-state index in [0.717, 1.165) is 0 Å². The van der Waals surface area contributed by atoms with Gasteiger partial charge in [0.25, 0.3) is 0 Å². The second-order valence-corrected chi connectivity index (χ2v) is 35.1. The molecule has 24 aromatic rings. The first-order chi connectivity index (χ1) is 64.8. The Morgan fingerprint density at radius 1 is 0.115 bits per heavy atom. The summed E-state index contributed by atoms with van der Waals surface area (Å²) in [6.45, 7) is 4.73. The maximum absolute atomic E-state index is 2.47. The van der Waals surface area contributed by atoms with Gasteiger partial charge in [0.05, 0.1) is 0 Å². The molecule has 1 aliphatic rings. The molecule has 1 aliphatic carbocycles. The van der Waals surface area contributed by atoms with Gasteiger partial charge in [0.2, 0.25) is 0 Å². The molecular formula is C131H90. The maximum Gasteiger partial charge on any atom is 0.0159 e. The van der Waals surface area contributed by atoms with Crippen molar-refractivity contribution in [3.63, 3.8) is 0 Å². The number of hydrogen-bond acceptors (Lipinski definition) is 0. The molecule has 0 heterocycles. The minimum absolute atomic E-state index is 0.0589. The van der Waals surface area contributed by atoms with Gasteiger partial charge in [-0.05, 0) is 272 Å². The summed E-state index contributed by atoms with van der Waals surface area (Å²) in [6, 6.07) is 186. The van der Waals surface area contributed by atoms with Crippen molar-refractivity contribution >= 4 is 86.2 Å². The summed E-state index contributed by atoms with van der Waals surface area (Å²) in [7, 11) is 0. The molecule has 0 aliphatic heterocycles. The molecule has 131 heavy (non-hydrogen) atoms. The van der Waals surface area contributed by atoms with E-state index in [9.17, 15) is 0 Å². The molecule has 25 rings (SSSR count). The Kier molecular flexibility index (Phi) is 20.5. The number of fused-ring (bicyclic) bond motifs is 11. The van der Waals surface area contributed by atoms with Crippen LogP contribution in [0, 0.1) is 0 Å². The molecule has 0 radical (unpaired) electrons. The second kappa shape index (κ2) is 33.9. The van der Waals surface area contributed by atoms with Crippen LogP contribution in [-0.4, -0.2) is 0 Å². The van der Waals surface area contributed by atoms with Crippen molar-refractivity contribution in [1.82, 2.24) is 0 Å². The van der Waals surface area contributed by atoms with Crippen LogP contribution < -0.4 is 0 Å². The minimum atomic E-state index is -0.0589. The number of hydrogen-bond donors (Lipinski definition) is 0. The van der Waals surface area contributed by atoms with Crippen molar-refractivity contribution < 1.29 is 0 Å². The monoisotopic (exact) mass is 1660 g/mol. The van der Waals surface area contributed by atoms with Crippen molar-refractivity contribution in [2.45, 2.75) is 19.3 Å². The van der Waals surface area contributed by atoms with E-state index in [2.05, 4.69) is 523 Å². The molecule has 24 aromatic carbocycles. The smallest absolute Gasteiger partial charge is 0.0159 e. The fourth-order valence-electron chi connectivity index (χ4n) is 20.8. The van der Waals surface area contributed by atoms with Crippen LogP contribution in [0.25, 0.3) is 231 Å². The zero-order chi connectivity index (χ0) is 87.3. The highest BCUT2D eigenvalue weighted by Gasteiger charge is 2.36. The van der Waals surface area contributed by atoms with Gasteiger partial charge in [0.1, 0.15) is 0 Å². The van der Waals surface area contributed by atoms with Crippen molar-refractivity contribution in [3.05, 3.63) is 521 Å². The molecule has 0 heteroatoms. The van der Waals surface area contributed by atoms with E-state index in [1.807, 2.05) is 0 Å². The van der Waals surface area contributed by atoms with Gasteiger partial charge in [0, 0.05) is 5.41 Å². The Labute approximate surface area is 765 Å². The third-order valence-electron chi connectivity index (χ3n) is 27.2. The largest absolute Gasteiger partial charge is 0.0622 e. The second-order valence-electron chi connectivity index (χ2n) is 35.1. The molecule has 0 nitrogen and oxygen atoms in total. The topological polar surface area (TPSA) is 0 Å². The lowest BCUT2D eigenvalue weighted by Crippen LogP contribution is -2.14. The van der Waals surface area contributed by atoms with Crippen molar-refractivity contribution in [3.8, 4) is 145 Å². The summed E-state index contributed by atoms with van der Waals surface area (Å²) in [5.41, 5.74) is 35.4. The van der Waals surface area contributed by atoms with E-state index < -0.39 is 0 Å². The standard InChI is InChI=1S/C47H34.2C42H28/c1-47(2)43-20-12-11-17-37(43)38-27-26-36(30-44(38)47)46-40-19-10-9-18-39(40)45(34-15-7-4-8-16-34)42-29-35(25-28-41(42)46)33-23-21-32(22-24-33)31-13-5-3-6-14-31;1-3-12-29(13-4-1)30-22-24-31(25-23-30)34-26-27-39-40(28-34)41(33-15-5-2-6-16-33)37-19-9-10-20-38(37)42(39)36-21-11-17-32-14-7-8-18-35(32)36;1-3-11-29(12-4-1)31-19-21-32(22-20-31)35-25-26-39-40(28-35)41(33-14-5-2-6-15-33)37-17-9-10-18-38(37)42(39)36-24-23-30-13-7-8-16-34(30)27-36/h3-30H,1-2H3;2*1-28H. The van der Waals surface area contributed by atoms with Gasteiger partial charge in [-0.15, -0.1) is 0 Å². The molecule has 0 saturated carbocycles. The highest BCUT2D eigenvalue weighted by atomic mass is 14.4. The quantitative estimate of drug-likeness (QED) is 0.107. The van der Waals surface area contributed by atoms with Gasteiger partial charge in [-0.25, -0.2) is 0 Å². The normalized spacial score (nSPS) is 12.0. The molecule has 0 unspecified atom stereocenters. The zero-order valence-corrected chi connectivity index (χ0v) is 73.0. The Morgan fingerprint density at radius 2 is 0.359 bits per heavy atom. The van der Waals surface area contributed by atoms with E-state index in [-0.39, 0.29) is 5.41 Å². The van der Waals surface area contributed by atoms with E-state index in [0.29, 0.717) is 0 Å². The lowest BCUT2D eigenvalue weighted by atomic mass is 9.80. The van der Waals surface area contributed by atoms with Crippen molar-refractivity contribution in [2.75, 3.05) is 0 Å². The Hall–Kier alpha value is -16.6. The summed E-state index contributed by atoms with van der Waals surface area (Å²) < 4.78 is 0. The predicted octanol–water partition coefficient (Wildman–Crippen LogP) is 36.6. The van der Waals surface area contributed by atoms with Crippen LogP contribution in [-0.2, 0) is 5.41 Å². The van der Waals surface area contributed by atoms with E-state index in [1.165, 1.54) is 242 Å². The summed E-state index contributed by atoms with van der Waals surface area (Å²) in [4.78, 5) is 0. The van der Waals surface area contributed by atoms with Gasteiger partial charge >= 0.3 is 0 Å². The summed E-state index contributed by atoms with van der Waals surface area (Å²) in [6.07, 6.45) is 0. The van der Waals surface area contributed by atoms with Crippen molar-refractivity contribution in [2.24, 2.45) is 0 Å². The summed E-state index contributed by atoms with van der Waals surface area (Å²) in [5, 5.41) is 20.4. The van der Waals surface area contributed by atoms with Gasteiger partial charge in [0.15, 0.2) is 0 Å². The van der Waals surface area contributed by atoms with Crippen LogP contribution in [0.4, 0.5) is 0 Å². The lowest BCUT2D eigenvalue weighted by Gasteiger charge is -2.23. The van der Waals surface area contributed by atoms with Crippen LogP contribution >= 0.6 is 0 Å². The average Bonchev–Trinajstić information content (AvgIpc) is 1.55. The fraction of sp³-hybridized carbons (Fsp3) is 0.0229. The first-order valence-corrected chi connectivity index (χ1v) is 45.6. The number of benzene rings is 24. The maximum atomic E-state index is 2.47. The molecule has 0 amide bonds. The highest BCUT2D eigenvalue weighted by Crippen LogP contribution is 2.54. The molecule has 0 N–H and O–H groups in total. The van der Waals surface area contributed by atoms with Crippen LogP contribution in [0.1, 0.15) is 25.0 Å². The van der Waals surface area contributed by atoms with Gasteiger partial charge in [-0.1, -0.05) is 493 Å². The first-order valence-electron chi connectivity index (χ1n) is 45.6. The van der Waals surface area contributed by atoms with Crippen LogP contribution in [0.15, 0.2) is 510 Å². The zero-order valence-electron chi connectivity index (χ0n) is 73.0. The molecule has 0 aromatic heterocycles. The highest BCUT2D eigenvalue weighted by molar-refractivity contribution is 6.26. The lowest BCUT2D eigenvalue weighted by molar-refractivity contribution is 0.660. The van der Waals surface area contributed by atoms with Gasteiger partial charge in [-0.3, -0.25) is 0 Å². The van der Waals surface area contributed by atoms with E-state index in [4.69, 9.17) is 0 Å². The average molecular weight is 1660 g/mol. The Balaban J connectivity index is 0.000000112. The van der Waals surface area contributed by atoms with Gasteiger partial charge < -0.3 is 0 Å². The molecule has 0 spiro atoms. The third kappa shape index (κ3) is 14.6. The Morgan fingerprint density at radius 3 is 0.763 bits per heavy atom. The molecule has 0 saturated heterocycles. The first kappa shape index (κ1) is 79.0. The SMILES string of the molecule is CC1(C)c2ccccc2-c2ccc(-c3c4ccccc4c(-c4ccccc4)c4cc(-c5ccc(-c6ccccc6)cc5)ccc34)cc21.c1ccc(-c2ccc(-c3ccc4c(-c5ccc6ccccc6c5)c5ccccc5c(-c5ccccc5)c4c3)cc2)cc1.c1ccc(-c2ccc(-c3ccc4c(-c5cccc6ccccc56)c5ccccc5c(-c5ccccc5)c4c3)cc2)cc1. The van der Waals surface area contributed by atoms with E-state index >= 15 is 0 Å². The predicted molar refractivity (Wildman–Crippen MR) is 562 cm³/mol. The molecule has 614 valence electrons. The van der Waals surface area contributed by atoms with E-state index in [1.54, 1.807) is 0 Å². The van der Waals surface area contributed by atoms with Crippen molar-refractivity contribution in [1.29, 1.82) is 0 Å². The third-order valence-corrected chi connectivity index (χ3v) is 27.2.